The number of nitrogens with zero attached hydrogens (tertiary/aromatic N) is 3. The van der Waals surface area contributed by atoms with E-state index in [-0.39, 0.29) is 11.3 Å². The molecule has 5 heteroatoms. The van der Waals surface area contributed by atoms with Gasteiger partial charge < -0.3 is 4.98 Å². The van der Waals surface area contributed by atoms with Gasteiger partial charge in [-0.05, 0) is 86.3 Å². The second-order valence-electron chi connectivity index (χ2n) is 10.1. The third kappa shape index (κ3) is 2.86. The zero-order valence-electron chi connectivity index (χ0n) is 17.5. The maximum atomic E-state index is 13.9. The highest BCUT2D eigenvalue weighted by Crippen LogP contribution is 2.60. The standard InChI is InChI=1S/C25H28N4O/c1-16-4-2-5-21-22(16)20(14-28-21)23(30)29(24-26-6-3-7-27-24)15-25-11-17-8-18(12-25)10-19(9-17)13-25/h2-7,14,17-19,28H,8-13,15H2,1H3. The topological polar surface area (TPSA) is 61.9 Å². The lowest BCUT2D eigenvalue weighted by Gasteiger charge is -2.57. The van der Waals surface area contributed by atoms with Crippen molar-refractivity contribution < 1.29 is 4.79 Å². The van der Waals surface area contributed by atoms with Gasteiger partial charge in [-0.2, -0.15) is 0 Å². The zero-order chi connectivity index (χ0) is 20.3. The van der Waals surface area contributed by atoms with Crippen molar-refractivity contribution in [1.29, 1.82) is 0 Å². The van der Waals surface area contributed by atoms with Crippen molar-refractivity contribution in [3.63, 3.8) is 0 Å². The summed E-state index contributed by atoms with van der Waals surface area (Å²) in [7, 11) is 0. The van der Waals surface area contributed by atoms with E-state index in [1.165, 1.54) is 38.5 Å². The number of H-pyrrole nitrogens is 1. The number of carbonyl (C=O) groups excluding carboxylic acids is 1. The van der Waals surface area contributed by atoms with Crippen LogP contribution in [0.5, 0.6) is 0 Å². The van der Waals surface area contributed by atoms with Crippen LogP contribution in [0.3, 0.4) is 0 Å². The van der Waals surface area contributed by atoms with Crippen LogP contribution >= 0.6 is 0 Å². The monoisotopic (exact) mass is 400 g/mol. The Morgan fingerprint density at radius 2 is 1.73 bits per heavy atom. The molecule has 0 unspecified atom stereocenters. The zero-order valence-corrected chi connectivity index (χ0v) is 17.5. The van der Waals surface area contributed by atoms with E-state index in [4.69, 9.17) is 0 Å². The number of hydrogen-bond acceptors (Lipinski definition) is 3. The highest BCUT2D eigenvalue weighted by Gasteiger charge is 2.52. The predicted octanol–water partition coefficient (Wildman–Crippen LogP) is 5.13. The number of hydrogen-bond donors (Lipinski definition) is 1. The van der Waals surface area contributed by atoms with Gasteiger partial charge in [0.2, 0.25) is 5.95 Å². The van der Waals surface area contributed by atoms with Crippen LogP contribution in [-0.4, -0.2) is 27.4 Å². The fraction of sp³-hybridized carbons (Fsp3) is 0.480. The molecular formula is C25H28N4O. The molecule has 7 rings (SSSR count). The second kappa shape index (κ2) is 6.66. The molecule has 2 heterocycles. The molecule has 4 aliphatic carbocycles. The Bertz CT molecular complexity index is 1070. The van der Waals surface area contributed by atoms with E-state index >= 15 is 0 Å². The Hall–Kier alpha value is -2.69. The number of carbonyl (C=O) groups is 1. The average molecular weight is 401 g/mol. The molecule has 30 heavy (non-hydrogen) atoms. The van der Waals surface area contributed by atoms with E-state index in [2.05, 4.69) is 27.9 Å². The quantitative estimate of drug-likeness (QED) is 0.660. The third-order valence-corrected chi connectivity index (χ3v) is 7.84. The molecule has 0 radical (unpaired) electrons. The molecule has 1 amide bonds. The van der Waals surface area contributed by atoms with Gasteiger partial charge >= 0.3 is 0 Å². The molecule has 3 aromatic rings. The summed E-state index contributed by atoms with van der Waals surface area (Å²) in [4.78, 5) is 28.1. The van der Waals surface area contributed by atoms with Gasteiger partial charge in [-0.1, -0.05) is 12.1 Å². The number of aromatic nitrogens is 3. The van der Waals surface area contributed by atoms with Crippen molar-refractivity contribution in [2.75, 3.05) is 11.4 Å². The summed E-state index contributed by atoms with van der Waals surface area (Å²) < 4.78 is 0. The van der Waals surface area contributed by atoms with E-state index in [0.29, 0.717) is 5.95 Å². The van der Waals surface area contributed by atoms with Gasteiger partial charge in [0.05, 0.1) is 5.56 Å². The lowest BCUT2D eigenvalue weighted by molar-refractivity contribution is -0.0473. The molecule has 2 aromatic heterocycles. The van der Waals surface area contributed by atoms with Gasteiger partial charge in [0.1, 0.15) is 0 Å². The van der Waals surface area contributed by atoms with E-state index in [1.54, 1.807) is 12.4 Å². The van der Waals surface area contributed by atoms with Crippen LogP contribution in [0, 0.1) is 30.1 Å². The molecule has 4 fully saturated rings. The molecule has 0 spiro atoms. The minimum atomic E-state index is 0.0116. The summed E-state index contributed by atoms with van der Waals surface area (Å²) in [5.74, 6) is 3.08. The maximum Gasteiger partial charge on any atom is 0.262 e. The highest BCUT2D eigenvalue weighted by molar-refractivity contribution is 6.14. The number of anilines is 1. The van der Waals surface area contributed by atoms with Crippen LogP contribution in [-0.2, 0) is 0 Å². The van der Waals surface area contributed by atoms with E-state index in [0.717, 1.165) is 46.3 Å². The van der Waals surface area contributed by atoms with Crippen molar-refractivity contribution in [2.45, 2.75) is 45.4 Å². The van der Waals surface area contributed by atoms with Gasteiger partial charge in [-0.3, -0.25) is 9.69 Å². The van der Waals surface area contributed by atoms with Crippen LogP contribution in [0.15, 0.2) is 42.9 Å². The van der Waals surface area contributed by atoms with Crippen LogP contribution in [0.1, 0.15) is 54.4 Å². The summed E-state index contributed by atoms with van der Waals surface area (Å²) in [5, 5.41) is 1.01. The van der Waals surface area contributed by atoms with Crippen LogP contribution in [0.4, 0.5) is 5.95 Å². The summed E-state index contributed by atoms with van der Waals surface area (Å²) in [5.41, 5.74) is 3.06. The summed E-state index contributed by atoms with van der Waals surface area (Å²) >= 11 is 0. The first-order valence-electron chi connectivity index (χ1n) is 11.3. The lowest BCUT2D eigenvalue weighted by atomic mass is 9.49. The van der Waals surface area contributed by atoms with Gasteiger partial charge in [-0.15, -0.1) is 0 Å². The number of aromatic amines is 1. The van der Waals surface area contributed by atoms with Crippen molar-refractivity contribution in [3.05, 3.63) is 54.0 Å². The SMILES string of the molecule is Cc1cccc2[nH]cc(C(=O)N(CC34CC5CC(CC(C5)C3)C4)c3ncccn3)c12. The minimum Gasteiger partial charge on any atom is -0.360 e. The summed E-state index contributed by atoms with van der Waals surface area (Å²) in [6, 6.07) is 7.93. The first-order chi connectivity index (χ1) is 14.6. The number of rotatable bonds is 4. The fourth-order valence-electron chi connectivity index (χ4n) is 7.16. The van der Waals surface area contributed by atoms with Crippen LogP contribution in [0.2, 0.25) is 0 Å². The summed E-state index contributed by atoms with van der Waals surface area (Å²) in [6.45, 7) is 2.80. The second-order valence-corrected chi connectivity index (χ2v) is 10.1. The first kappa shape index (κ1) is 18.1. The van der Waals surface area contributed by atoms with E-state index in [9.17, 15) is 4.79 Å². The fourth-order valence-corrected chi connectivity index (χ4v) is 7.16. The van der Waals surface area contributed by atoms with Crippen molar-refractivity contribution in [2.24, 2.45) is 23.2 Å². The molecule has 154 valence electrons. The predicted molar refractivity (Wildman–Crippen MR) is 117 cm³/mol. The molecule has 0 saturated heterocycles. The number of nitrogens with one attached hydrogen (secondary N) is 1. The average Bonchev–Trinajstić information content (AvgIpc) is 3.17. The lowest BCUT2D eigenvalue weighted by Crippen LogP contribution is -2.52. The van der Waals surface area contributed by atoms with Crippen molar-refractivity contribution in [3.8, 4) is 0 Å². The Labute approximate surface area is 176 Å². The van der Waals surface area contributed by atoms with E-state index < -0.39 is 0 Å². The summed E-state index contributed by atoms with van der Waals surface area (Å²) in [6.07, 6.45) is 13.3. The smallest absolute Gasteiger partial charge is 0.262 e. The largest absolute Gasteiger partial charge is 0.360 e. The third-order valence-electron chi connectivity index (χ3n) is 7.84. The van der Waals surface area contributed by atoms with Gasteiger partial charge in [-0.25, -0.2) is 9.97 Å². The Balaban J connectivity index is 1.40. The molecule has 0 atom stereocenters. The molecular weight excluding hydrogens is 372 g/mol. The highest BCUT2D eigenvalue weighted by atomic mass is 16.2. The first-order valence-corrected chi connectivity index (χ1v) is 11.3. The number of fused-ring (bicyclic) bond motifs is 1. The Morgan fingerprint density at radius 1 is 1.07 bits per heavy atom. The molecule has 5 nitrogen and oxygen atoms in total. The van der Waals surface area contributed by atoms with Crippen molar-refractivity contribution >= 4 is 22.8 Å². The molecule has 0 aliphatic heterocycles. The van der Waals surface area contributed by atoms with Gasteiger partial charge in [0.15, 0.2) is 0 Å². The van der Waals surface area contributed by atoms with Gasteiger partial charge in [0.25, 0.3) is 5.91 Å². The van der Waals surface area contributed by atoms with Crippen LogP contribution < -0.4 is 4.90 Å². The minimum absolute atomic E-state index is 0.0116. The van der Waals surface area contributed by atoms with E-state index in [1.807, 2.05) is 29.3 Å². The number of amides is 1. The number of benzene rings is 1. The molecule has 4 saturated carbocycles. The van der Waals surface area contributed by atoms with Crippen LogP contribution in [0.25, 0.3) is 10.9 Å². The number of aryl methyl sites for hydroxylation is 1. The molecule has 1 N–H and O–H groups in total. The molecule has 4 bridgehead atoms. The molecule has 1 aromatic carbocycles. The molecule has 4 aliphatic rings. The van der Waals surface area contributed by atoms with Gasteiger partial charge in [0, 0.05) is 36.0 Å². The normalized spacial score (nSPS) is 29.4. The maximum absolute atomic E-state index is 13.9. The Kier molecular flexibility index (Phi) is 4.02. The van der Waals surface area contributed by atoms with Crippen molar-refractivity contribution in [1.82, 2.24) is 15.0 Å². The Morgan fingerprint density at radius 3 is 2.40 bits per heavy atom.